The van der Waals surface area contributed by atoms with E-state index in [2.05, 4.69) is 15.6 Å². The van der Waals surface area contributed by atoms with Crippen LogP contribution < -0.4 is 10.1 Å². The molecule has 1 amide bonds. The number of methoxy groups -OCH3 is 1. The average Bonchev–Trinajstić information content (AvgIpc) is 3.04. The first kappa shape index (κ1) is 13.8. The highest BCUT2D eigenvalue weighted by atomic mass is 16.6. The second kappa shape index (κ2) is 6.09. The number of ether oxygens (including phenoxy) is 1. The number of anilines is 1. The van der Waals surface area contributed by atoms with E-state index in [9.17, 15) is 4.79 Å². The van der Waals surface area contributed by atoms with Crippen LogP contribution in [0.15, 0.2) is 59.2 Å². The molecular weight excluding hydrogens is 282 g/mol. The number of aromatic nitrogens is 2. The van der Waals surface area contributed by atoms with E-state index in [1.165, 1.54) is 0 Å². The Bertz CT molecular complexity index is 784. The average molecular weight is 295 g/mol. The molecule has 3 aromatic rings. The van der Waals surface area contributed by atoms with Gasteiger partial charge >= 0.3 is 0 Å². The molecule has 0 fully saturated rings. The molecule has 0 saturated heterocycles. The van der Waals surface area contributed by atoms with Crippen molar-refractivity contribution < 1.29 is 14.2 Å². The molecule has 0 aliphatic carbocycles. The predicted molar refractivity (Wildman–Crippen MR) is 80.7 cm³/mol. The van der Waals surface area contributed by atoms with Crippen molar-refractivity contribution in [2.24, 2.45) is 0 Å². The smallest absolute Gasteiger partial charge is 0.257 e. The van der Waals surface area contributed by atoms with Crippen LogP contribution in [0.2, 0.25) is 0 Å². The zero-order chi connectivity index (χ0) is 15.4. The monoisotopic (exact) mass is 295 g/mol. The lowest BCUT2D eigenvalue weighted by molar-refractivity contribution is 0.102. The molecule has 2 aromatic carbocycles. The normalized spacial score (nSPS) is 10.2. The first-order chi connectivity index (χ1) is 10.8. The summed E-state index contributed by atoms with van der Waals surface area (Å²) in [6.45, 7) is 0. The minimum Gasteiger partial charge on any atom is -0.497 e. The van der Waals surface area contributed by atoms with Gasteiger partial charge in [0.1, 0.15) is 5.75 Å². The van der Waals surface area contributed by atoms with Crippen molar-refractivity contribution in [2.45, 2.75) is 0 Å². The van der Waals surface area contributed by atoms with Crippen molar-refractivity contribution in [1.82, 2.24) is 10.3 Å². The number of hydrogen-bond acceptors (Lipinski definition) is 5. The summed E-state index contributed by atoms with van der Waals surface area (Å²) in [5.74, 6) is 0.569. The zero-order valence-electron chi connectivity index (χ0n) is 11.8. The van der Waals surface area contributed by atoms with Gasteiger partial charge in [0.05, 0.1) is 7.11 Å². The Morgan fingerprint density at radius 2 is 1.91 bits per heavy atom. The van der Waals surface area contributed by atoms with Gasteiger partial charge in [-0.05, 0) is 28.5 Å². The van der Waals surface area contributed by atoms with Crippen LogP contribution in [0.3, 0.4) is 0 Å². The van der Waals surface area contributed by atoms with Crippen molar-refractivity contribution in [1.29, 1.82) is 0 Å². The predicted octanol–water partition coefficient (Wildman–Crippen LogP) is 3.00. The molecule has 0 saturated carbocycles. The zero-order valence-corrected chi connectivity index (χ0v) is 11.8. The Morgan fingerprint density at radius 1 is 1.09 bits per heavy atom. The molecule has 1 heterocycles. The van der Waals surface area contributed by atoms with Crippen LogP contribution in [0.4, 0.5) is 5.82 Å². The fraction of sp³-hybridized carbons (Fsp3) is 0.0625. The van der Waals surface area contributed by atoms with E-state index in [1.54, 1.807) is 31.4 Å². The van der Waals surface area contributed by atoms with E-state index >= 15 is 0 Å². The third-order valence-electron chi connectivity index (χ3n) is 3.10. The summed E-state index contributed by atoms with van der Waals surface area (Å²) in [5, 5.41) is 10.3. The maximum atomic E-state index is 12.3. The Morgan fingerprint density at radius 3 is 2.68 bits per heavy atom. The molecule has 0 spiro atoms. The summed E-state index contributed by atoms with van der Waals surface area (Å²) in [6, 6.07) is 16.2. The lowest BCUT2D eigenvalue weighted by atomic mass is 10.1. The standard InChI is InChI=1S/C16H13N3O3/c1-21-13-9-5-8-12(10-13)16(20)17-15-14(18-22-19-15)11-6-3-2-4-7-11/h2-10H,1H3,(H,17,19,20). The molecule has 0 unspecified atom stereocenters. The molecule has 22 heavy (non-hydrogen) atoms. The molecule has 0 aliphatic rings. The number of amides is 1. The van der Waals surface area contributed by atoms with E-state index < -0.39 is 0 Å². The number of rotatable bonds is 4. The molecule has 6 nitrogen and oxygen atoms in total. The molecule has 0 aliphatic heterocycles. The van der Waals surface area contributed by atoms with Crippen molar-refractivity contribution in [3.8, 4) is 17.0 Å². The Balaban J connectivity index is 1.85. The minimum atomic E-state index is -0.313. The van der Waals surface area contributed by atoms with Crippen LogP contribution in [0.5, 0.6) is 5.75 Å². The molecule has 110 valence electrons. The largest absolute Gasteiger partial charge is 0.497 e. The number of nitrogens with one attached hydrogen (secondary N) is 1. The van der Waals surface area contributed by atoms with Gasteiger partial charge in [-0.15, -0.1) is 0 Å². The summed E-state index contributed by atoms with van der Waals surface area (Å²) < 4.78 is 9.85. The lowest BCUT2D eigenvalue weighted by Crippen LogP contribution is -2.12. The van der Waals surface area contributed by atoms with Gasteiger partial charge in [-0.1, -0.05) is 36.4 Å². The van der Waals surface area contributed by atoms with Gasteiger partial charge in [0.15, 0.2) is 5.69 Å². The molecular formula is C16H13N3O3. The van der Waals surface area contributed by atoms with Crippen molar-refractivity contribution in [3.05, 3.63) is 60.2 Å². The van der Waals surface area contributed by atoms with Gasteiger partial charge in [-0.3, -0.25) is 4.79 Å². The number of benzene rings is 2. The van der Waals surface area contributed by atoms with Crippen molar-refractivity contribution in [2.75, 3.05) is 12.4 Å². The molecule has 1 aromatic heterocycles. The number of hydrogen-bond donors (Lipinski definition) is 1. The summed E-state index contributed by atoms with van der Waals surface area (Å²) in [5.41, 5.74) is 1.75. The van der Waals surface area contributed by atoms with Crippen LogP contribution in [0.1, 0.15) is 10.4 Å². The Hall–Kier alpha value is -3.15. The summed E-state index contributed by atoms with van der Waals surface area (Å²) in [4.78, 5) is 12.3. The highest BCUT2D eigenvalue weighted by Gasteiger charge is 2.16. The lowest BCUT2D eigenvalue weighted by Gasteiger charge is -2.05. The van der Waals surface area contributed by atoms with Crippen molar-refractivity contribution >= 4 is 11.7 Å². The van der Waals surface area contributed by atoms with E-state index in [0.29, 0.717) is 17.0 Å². The summed E-state index contributed by atoms with van der Waals surface area (Å²) in [6.07, 6.45) is 0. The Kier molecular flexibility index (Phi) is 3.82. The van der Waals surface area contributed by atoms with Gasteiger partial charge in [0, 0.05) is 11.1 Å². The minimum absolute atomic E-state index is 0.277. The van der Waals surface area contributed by atoms with Crippen molar-refractivity contribution in [3.63, 3.8) is 0 Å². The Labute approximate surface area is 126 Å². The van der Waals surface area contributed by atoms with Gasteiger partial charge in [0.25, 0.3) is 5.91 Å². The third kappa shape index (κ3) is 2.80. The van der Waals surface area contributed by atoms with E-state index in [0.717, 1.165) is 5.56 Å². The molecule has 0 radical (unpaired) electrons. The number of carbonyl (C=O) groups is 1. The first-order valence-electron chi connectivity index (χ1n) is 6.61. The highest BCUT2D eigenvalue weighted by molar-refractivity contribution is 6.05. The molecule has 6 heteroatoms. The van der Waals surface area contributed by atoms with Crippen LogP contribution in [-0.4, -0.2) is 23.3 Å². The second-order valence-corrected chi connectivity index (χ2v) is 4.51. The fourth-order valence-electron chi connectivity index (χ4n) is 2.00. The SMILES string of the molecule is COc1cccc(C(=O)Nc2nonc2-c2ccccc2)c1. The van der Waals surface area contributed by atoms with E-state index in [1.807, 2.05) is 30.3 Å². The van der Waals surface area contributed by atoms with Gasteiger partial charge < -0.3 is 10.1 Å². The molecule has 1 N–H and O–H groups in total. The molecule has 0 bridgehead atoms. The first-order valence-corrected chi connectivity index (χ1v) is 6.61. The summed E-state index contributed by atoms with van der Waals surface area (Å²) in [7, 11) is 1.55. The van der Waals surface area contributed by atoms with E-state index in [4.69, 9.17) is 9.37 Å². The molecule has 3 rings (SSSR count). The van der Waals surface area contributed by atoms with Crippen LogP contribution in [0.25, 0.3) is 11.3 Å². The third-order valence-corrected chi connectivity index (χ3v) is 3.10. The maximum absolute atomic E-state index is 12.3. The van der Waals surface area contributed by atoms with Crippen LogP contribution in [0, 0.1) is 0 Å². The highest BCUT2D eigenvalue weighted by Crippen LogP contribution is 2.24. The maximum Gasteiger partial charge on any atom is 0.257 e. The van der Waals surface area contributed by atoms with Crippen LogP contribution >= 0.6 is 0 Å². The van der Waals surface area contributed by atoms with Gasteiger partial charge in [-0.2, -0.15) is 0 Å². The quantitative estimate of drug-likeness (QED) is 0.800. The second-order valence-electron chi connectivity index (χ2n) is 4.51. The number of carbonyl (C=O) groups excluding carboxylic acids is 1. The molecule has 0 atom stereocenters. The van der Waals surface area contributed by atoms with Gasteiger partial charge in [0.2, 0.25) is 5.82 Å². The topological polar surface area (TPSA) is 77.2 Å². The number of nitrogens with zero attached hydrogens (tertiary/aromatic N) is 2. The van der Waals surface area contributed by atoms with Gasteiger partial charge in [-0.25, -0.2) is 4.63 Å². The van der Waals surface area contributed by atoms with Crippen LogP contribution in [-0.2, 0) is 0 Å². The van der Waals surface area contributed by atoms with E-state index in [-0.39, 0.29) is 11.7 Å². The summed E-state index contributed by atoms with van der Waals surface area (Å²) >= 11 is 0. The fourth-order valence-corrected chi connectivity index (χ4v) is 2.00.